The van der Waals surface area contributed by atoms with Crippen LogP contribution >= 0.6 is 0 Å². The normalized spacial score (nSPS) is 22.3. The van der Waals surface area contributed by atoms with Crippen molar-refractivity contribution in [2.45, 2.75) is 18.9 Å². The second-order valence-electron chi connectivity index (χ2n) is 4.12. The van der Waals surface area contributed by atoms with Crippen LogP contribution in [0.4, 0.5) is 8.78 Å². The summed E-state index contributed by atoms with van der Waals surface area (Å²) >= 11 is 0. The van der Waals surface area contributed by atoms with Gasteiger partial charge in [-0.2, -0.15) is 0 Å². The Labute approximate surface area is 92.9 Å². The Kier molecular flexibility index (Phi) is 3.51. The Morgan fingerprint density at radius 1 is 1.38 bits per heavy atom. The largest absolute Gasteiger partial charge is 0.388 e. The quantitative estimate of drug-likeness (QED) is 0.861. The molecule has 1 aliphatic heterocycles. The first-order chi connectivity index (χ1) is 7.68. The van der Waals surface area contributed by atoms with Crippen molar-refractivity contribution in [2.24, 2.45) is 5.92 Å². The van der Waals surface area contributed by atoms with Gasteiger partial charge in [-0.3, -0.25) is 0 Å². The van der Waals surface area contributed by atoms with Crippen LogP contribution in [0.3, 0.4) is 0 Å². The summed E-state index contributed by atoms with van der Waals surface area (Å²) < 4.78 is 31.8. The van der Waals surface area contributed by atoms with Crippen molar-refractivity contribution in [3.05, 3.63) is 35.4 Å². The van der Waals surface area contributed by atoms with Gasteiger partial charge >= 0.3 is 0 Å². The first-order valence-corrected chi connectivity index (χ1v) is 5.38. The minimum absolute atomic E-state index is 0.189. The van der Waals surface area contributed by atoms with Crippen molar-refractivity contribution in [1.82, 2.24) is 0 Å². The maximum absolute atomic E-state index is 13.3. The topological polar surface area (TPSA) is 29.5 Å². The molecule has 0 bridgehead atoms. The van der Waals surface area contributed by atoms with Gasteiger partial charge in [0.25, 0.3) is 0 Å². The van der Waals surface area contributed by atoms with Gasteiger partial charge in [-0.15, -0.1) is 0 Å². The molecule has 0 amide bonds. The number of hydrogen-bond donors (Lipinski definition) is 1. The smallest absolute Gasteiger partial charge is 0.131 e. The molecule has 2 unspecified atom stereocenters. The predicted octanol–water partition coefficient (Wildman–Crippen LogP) is 2.42. The van der Waals surface area contributed by atoms with Gasteiger partial charge in [0.1, 0.15) is 11.6 Å². The highest BCUT2D eigenvalue weighted by atomic mass is 19.1. The van der Waals surface area contributed by atoms with Gasteiger partial charge in [0, 0.05) is 13.2 Å². The molecule has 4 heteroatoms. The van der Waals surface area contributed by atoms with E-state index in [0.717, 1.165) is 18.6 Å². The third-order valence-electron chi connectivity index (χ3n) is 2.91. The molecule has 1 aromatic carbocycles. The van der Waals surface area contributed by atoms with Crippen LogP contribution in [0.25, 0.3) is 0 Å². The van der Waals surface area contributed by atoms with Gasteiger partial charge in [-0.1, -0.05) is 6.07 Å². The van der Waals surface area contributed by atoms with E-state index in [1.807, 2.05) is 0 Å². The lowest BCUT2D eigenvalue weighted by Gasteiger charge is -2.15. The highest BCUT2D eigenvalue weighted by Crippen LogP contribution is 2.29. The Hall–Kier alpha value is -1.00. The number of hydrogen-bond acceptors (Lipinski definition) is 2. The van der Waals surface area contributed by atoms with Crippen LogP contribution < -0.4 is 0 Å². The molecule has 2 nitrogen and oxygen atoms in total. The van der Waals surface area contributed by atoms with Crippen molar-refractivity contribution in [1.29, 1.82) is 0 Å². The average Bonchev–Trinajstić information content (AvgIpc) is 2.70. The van der Waals surface area contributed by atoms with Crippen molar-refractivity contribution >= 4 is 0 Å². The lowest BCUT2D eigenvalue weighted by atomic mass is 9.96. The van der Waals surface area contributed by atoms with E-state index in [4.69, 9.17) is 4.74 Å². The average molecular weight is 228 g/mol. The molecule has 2 atom stereocenters. The molecule has 1 saturated heterocycles. The molecule has 1 heterocycles. The molecular formula is C12H14F2O2. The molecule has 1 fully saturated rings. The van der Waals surface area contributed by atoms with Crippen molar-refractivity contribution in [2.75, 3.05) is 13.2 Å². The second-order valence-corrected chi connectivity index (χ2v) is 4.12. The summed E-state index contributed by atoms with van der Waals surface area (Å²) in [6.07, 6.45) is 0.0956. The number of aliphatic hydroxyl groups is 1. The molecule has 0 aromatic heterocycles. The fraction of sp³-hybridized carbons (Fsp3) is 0.500. The molecule has 1 N–H and O–H groups in total. The van der Waals surface area contributed by atoms with Crippen LogP contribution in [0.2, 0.25) is 0 Å². The Balaban J connectivity index is 2.10. The van der Waals surface area contributed by atoms with E-state index < -0.39 is 17.7 Å². The van der Waals surface area contributed by atoms with Crippen molar-refractivity contribution in [3.63, 3.8) is 0 Å². The monoisotopic (exact) mass is 228 g/mol. The molecule has 16 heavy (non-hydrogen) atoms. The molecule has 1 aliphatic rings. The molecular weight excluding hydrogens is 214 g/mol. The summed E-state index contributed by atoms with van der Waals surface area (Å²) in [5.41, 5.74) is -0.227. The van der Waals surface area contributed by atoms with Crippen LogP contribution in [0.15, 0.2) is 18.2 Å². The summed E-state index contributed by atoms with van der Waals surface area (Å²) in [5, 5.41) is 9.81. The number of halogens is 2. The van der Waals surface area contributed by atoms with Gasteiger partial charge in [0.05, 0.1) is 11.7 Å². The van der Waals surface area contributed by atoms with E-state index in [-0.39, 0.29) is 11.5 Å². The minimum Gasteiger partial charge on any atom is -0.388 e. The Bertz CT molecular complexity index is 342. The van der Waals surface area contributed by atoms with E-state index in [2.05, 4.69) is 0 Å². The molecule has 0 saturated carbocycles. The maximum Gasteiger partial charge on any atom is 0.131 e. The first kappa shape index (κ1) is 11.5. The summed E-state index contributed by atoms with van der Waals surface area (Å²) in [7, 11) is 0. The van der Waals surface area contributed by atoms with Gasteiger partial charge in [0.2, 0.25) is 0 Å². The predicted molar refractivity (Wildman–Crippen MR) is 54.9 cm³/mol. The zero-order valence-corrected chi connectivity index (χ0v) is 8.83. The zero-order chi connectivity index (χ0) is 11.5. The number of rotatable bonds is 3. The number of aliphatic hydroxyl groups excluding tert-OH is 1. The van der Waals surface area contributed by atoms with E-state index in [1.165, 1.54) is 6.07 Å². The summed E-state index contributed by atoms with van der Waals surface area (Å²) in [5.74, 6) is -1.19. The van der Waals surface area contributed by atoms with Crippen molar-refractivity contribution < 1.29 is 18.6 Å². The minimum atomic E-state index is -1.09. The van der Waals surface area contributed by atoms with Crippen LogP contribution in [0, 0.1) is 17.6 Å². The lowest BCUT2D eigenvalue weighted by molar-refractivity contribution is 0.123. The highest BCUT2D eigenvalue weighted by Gasteiger charge is 2.24. The summed E-state index contributed by atoms with van der Waals surface area (Å²) in [6.45, 7) is 1.23. The van der Waals surface area contributed by atoms with Gasteiger partial charge in [-0.05, 0) is 30.9 Å². The summed E-state index contributed by atoms with van der Waals surface area (Å²) in [6, 6.07) is 3.61. The molecule has 0 aliphatic carbocycles. The Morgan fingerprint density at radius 2 is 2.06 bits per heavy atom. The van der Waals surface area contributed by atoms with Crippen LogP contribution in [0.5, 0.6) is 0 Å². The van der Waals surface area contributed by atoms with E-state index in [9.17, 15) is 13.9 Å². The maximum atomic E-state index is 13.3. The van der Waals surface area contributed by atoms with E-state index >= 15 is 0 Å². The van der Waals surface area contributed by atoms with Gasteiger partial charge < -0.3 is 9.84 Å². The number of benzene rings is 1. The van der Waals surface area contributed by atoms with E-state index in [1.54, 1.807) is 0 Å². The summed E-state index contributed by atoms with van der Waals surface area (Å²) in [4.78, 5) is 0. The molecule has 2 rings (SSSR count). The van der Waals surface area contributed by atoms with Crippen LogP contribution in [0.1, 0.15) is 24.5 Å². The van der Waals surface area contributed by atoms with Crippen molar-refractivity contribution in [3.8, 4) is 0 Å². The van der Waals surface area contributed by atoms with Gasteiger partial charge in [-0.25, -0.2) is 8.78 Å². The third-order valence-corrected chi connectivity index (χ3v) is 2.91. The van der Waals surface area contributed by atoms with E-state index in [0.29, 0.717) is 19.6 Å². The second kappa shape index (κ2) is 4.89. The third kappa shape index (κ3) is 2.39. The standard InChI is InChI=1S/C12H14F2O2/c13-9-2-1-3-10(14)12(9)11(15)6-8-4-5-16-7-8/h1-3,8,11,15H,4-7H2. The molecule has 0 spiro atoms. The number of ether oxygens (including phenoxy) is 1. The van der Waals surface area contributed by atoms with Gasteiger partial charge in [0.15, 0.2) is 0 Å². The first-order valence-electron chi connectivity index (χ1n) is 5.38. The fourth-order valence-corrected chi connectivity index (χ4v) is 2.03. The van der Waals surface area contributed by atoms with Crippen LogP contribution in [-0.2, 0) is 4.74 Å². The lowest BCUT2D eigenvalue weighted by Crippen LogP contribution is -2.10. The zero-order valence-electron chi connectivity index (χ0n) is 8.83. The molecule has 1 aromatic rings. The SMILES string of the molecule is OC(CC1CCOC1)c1c(F)cccc1F. The van der Waals surface area contributed by atoms with Crippen LogP contribution in [-0.4, -0.2) is 18.3 Å². The molecule has 88 valence electrons. The Morgan fingerprint density at radius 3 is 2.62 bits per heavy atom. The fourth-order valence-electron chi connectivity index (χ4n) is 2.03. The molecule has 0 radical (unpaired) electrons. The highest BCUT2D eigenvalue weighted by molar-refractivity contribution is 5.22.